The van der Waals surface area contributed by atoms with Crippen molar-refractivity contribution >= 4 is 39.7 Å². The largest absolute Gasteiger partial charge is 0.311 e. The van der Waals surface area contributed by atoms with Crippen LogP contribution in [-0.2, 0) is 0 Å². The van der Waals surface area contributed by atoms with E-state index in [4.69, 9.17) is 11.6 Å². The van der Waals surface area contributed by atoms with Gasteiger partial charge < -0.3 is 5.32 Å². The van der Waals surface area contributed by atoms with E-state index in [0.717, 1.165) is 17.6 Å². The molecule has 0 aliphatic rings. The standard InChI is InChI=1S/C9H5ClN4O3S/c10-6-2-1-5(3-7(6)14(16)17)9(15)12-8-4-11-13-18-8/h1-4H,(H,12,15). The summed E-state index contributed by atoms with van der Waals surface area (Å²) < 4.78 is 3.58. The molecule has 0 aliphatic heterocycles. The van der Waals surface area contributed by atoms with Crippen molar-refractivity contribution < 1.29 is 9.72 Å². The smallest absolute Gasteiger partial charge is 0.288 e. The number of aromatic nitrogens is 2. The van der Waals surface area contributed by atoms with Gasteiger partial charge in [-0.25, -0.2) is 0 Å². The first-order valence-corrected chi connectivity index (χ1v) is 5.75. The number of benzene rings is 1. The van der Waals surface area contributed by atoms with Gasteiger partial charge in [-0.1, -0.05) is 16.1 Å². The fraction of sp³-hybridized carbons (Fsp3) is 0. The minimum Gasteiger partial charge on any atom is -0.311 e. The van der Waals surface area contributed by atoms with Crippen LogP contribution in [0.3, 0.4) is 0 Å². The average Bonchev–Trinajstić information content (AvgIpc) is 2.81. The molecular formula is C9H5ClN4O3S. The molecule has 0 unspecified atom stereocenters. The number of nitrogens with one attached hydrogen (secondary N) is 1. The Kier molecular flexibility index (Phi) is 3.49. The maximum absolute atomic E-state index is 11.8. The van der Waals surface area contributed by atoms with Crippen molar-refractivity contribution in [1.29, 1.82) is 0 Å². The SMILES string of the molecule is O=C(Nc1cnns1)c1ccc(Cl)c([N+](=O)[O-])c1. The molecule has 2 rings (SSSR count). The van der Waals surface area contributed by atoms with Crippen LogP contribution in [0.25, 0.3) is 0 Å². The molecule has 0 saturated heterocycles. The zero-order valence-corrected chi connectivity index (χ0v) is 10.2. The van der Waals surface area contributed by atoms with Crippen LogP contribution in [0.2, 0.25) is 5.02 Å². The molecular weight excluding hydrogens is 280 g/mol. The zero-order chi connectivity index (χ0) is 13.1. The second kappa shape index (κ2) is 5.07. The monoisotopic (exact) mass is 284 g/mol. The third-order valence-corrected chi connectivity index (χ3v) is 2.90. The Labute approximate surface area is 110 Å². The molecule has 0 atom stereocenters. The van der Waals surface area contributed by atoms with Gasteiger partial charge >= 0.3 is 0 Å². The summed E-state index contributed by atoms with van der Waals surface area (Å²) in [6.07, 6.45) is 1.38. The number of hydrogen-bond acceptors (Lipinski definition) is 6. The maximum Gasteiger partial charge on any atom is 0.288 e. The molecule has 0 radical (unpaired) electrons. The number of nitro benzene ring substituents is 1. The predicted molar refractivity (Wildman–Crippen MR) is 66.0 cm³/mol. The summed E-state index contributed by atoms with van der Waals surface area (Å²) in [7, 11) is 0. The summed E-state index contributed by atoms with van der Waals surface area (Å²) in [4.78, 5) is 21.8. The van der Waals surface area contributed by atoms with E-state index in [0.29, 0.717) is 5.00 Å². The van der Waals surface area contributed by atoms with Crippen molar-refractivity contribution in [2.45, 2.75) is 0 Å². The fourth-order valence-corrected chi connectivity index (χ4v) is 1.80. The predicted octanol–water partition coefficient (Wildman–Crippen LogP) is 2.35. The van der Waals surface area contributed by atoms with Crippen molar-refractivity contribution in [3.8, 4) is 0 Å². The summed E-state index contributed by atoms with van der Waals surface area (Å²) in [6.45, 7) is 0. The van der Waals surface area contributed by atoms with Gasteiger partial charge in [-0.05, 0) is 12.1 Å². The molecule has 2 aromatic rings. The number of amides is 1. The number of rotatable bonds is 3. The molecule has 0 fully saturated rings. The van der Waals surface area contributed by atoms with E-state index >= 15 is 0 Å². The molecule has 0 saturated carbocycles. The molecule has 0 spiro atoms. The molecule has 1 aromatic carbocycles. The molecule has 92 valence electrons. The van der Waals surface area contributed by atoms with Crippen LogP contribution >= 0.6 is 23.1 Å². The fourth-order valence-electron chi connectivity index (χ4n) is 1.20. The van der Waals surface area contributed by atoms with Crippen LogP contribution in [0.15, 0.2) is 24.4 Å². The van der Waals surface area contributed by atoms with Gasteiger partial charge in [-0.3, -0.25) is 14.9 Å². The molecule has 0 aliphatic carbocycles. The van der Waals surface area contributed by atoms with Crippen molar-refractivity contribution in [3.05, 3.63) is 45.1 Å². The highest BCUT2D eigenvalue weighted by molar-refractivity contribution is 7.10. The van der Waals surface area contributed by atoms with Gasteiger partial charge in [0.25, 0.3) is 11.6 Å². The lowest BCUT2D eigenvalue weighted by Crippen LogP contribution is -2.11. The van der Waals surface area contributed by atoms with Crippen molar-refractivity contribution in [3.63, 3.8) is 0 Å². The highest BCUT2D eigenvalue weighted by Gasteiger charge is 2.16. The lowest BCUT2D eigenvalue weighted by Gasteiger charge is -2.02. The Morgan fingerprint density at radius 2 is 2.28 bits per heavy atom. The highest BCUT2D eigenvalue weighted by atomic mass is 35.5. The normalized spacial score (nSPS) is 10.1. The van der Waals surface area contributed by atoms with Gasteiger partial charge in [0.15, 0.2) is 0 Å². The van der Waals surface area contributed by atoms with Crippen LogP contribution in [0.5, 0.6) is 0 Å². The highest BCUT2D eigenvalue weighted by Crippen LogP contribution is 2.25. The minimum atomic E-state index is -0.645. The lowest BCUT2D eigenvalue weighted by atomic mass is 10.2. The maximum atomic E-state index is 11.8. The first-order chi connectivity index (χ1) is 8.58. The third-order valence-electron chi connectivity index (χ3n) is 2.00. The lowest BCUT2D eigenvalue weighted by molar-refractivity contribution is -0.384. The van der Waals surface area contributed by atoms with Crippen LogP contribution in [0.4, 0.5) is 10.7 Å². The van der Waals surface area contributed by atoms with E-state index in [1.807, 2.05) is 0 Å². The number of hydrogen-bond donors (Lipinski definition) is 1. The molecule has 7 nitrogen and oxygen atoms in total. The van der Waals surface area contributed by atoms with Gasteiger partial charge in [-0.15, -0.1) is 5.10 Å². The number of carbonyl (C=O) groups excluding carboxylic acids is 1. The second-order valence-corrected chi connectivity index (χ2v) is 4.35. The Morgan fingerprint density at radius 3 is 2.89 bits per heavy atom. The summed E-state index contributed by atoms with van der Waals surface area (Å²) in [6, 6.07) is 3.82. The Morgan fingerprint density at radius 1 is 1.50 bits per heavy atom. The summed E-state index contributed by atoms with van der Waals surface area (Å²) in [5.74, 6) is -0.485. The van der Waals surface area contributed by atoms with Crippen LogP contribution in [0.1, 0.15) is 10.4 Å². The molecule has 1 aromatic heterocycles. The van der Waals surface area contributed by atoms with E-state index in [9.17, 15) is 14.9 Å². The van der Waals surface area contributed by atoms with Gasteiger partial charge in [0, 0.05) is 23.2 Å². The number of anilines is 1. The van der Waals surface area contributed by atoms with E-state index in [1.54, 1.807) is 0 Å². The minimum absolute atomic E-state index is 0.0176. The number of carbonyl (C=O) groups is 1. The number of nitro groups is 1. The Bertz CT molecular complexity index is 602. The first-order valence-electron chi connectivity index (χ1n) is 4.60. The van der Waals surface area contributed by atoms with Gasteiger partial charge in [0.1, 0.15) is 10.0 Å². The second-order valence-electron chi connectivity index (χ2n) is 3.16. The van der Waals surface area contributed by atoms with E-state index in [1.165, 1.54) is 18.3 Å². The van der Waals surface area contributed by atoms with Crippen LogP contribution in [-0.4, -0.2) is 20.4 Å². The van der Waals surface area contributed by atoms with Crippen LogP contribution < -0.4 is 5.32 Å². The summed E-state index contributed by atoms with van der Waals surface area (Å²) in [5.41, 5.74) is -0.175. The molecule has 18 heavy (non-hydrogen) atoms. The van der Waals surface area contributed by atoms with E-state index in [-0.39, 0.29) is 16.3 Å². The van der Waals surface area contributed by atoms with E-state index in [2.05, 4.69) is 14.9 Å². The Hall–Kier alpha value is -2.06. The van der Waals surface area contributed by atoms with Crippen molar-refractivity contribution in [1.82, 2.24) is 9.59 Å². The van der Waals surface area contributed by atoms with Crippen molar-refractivity contribution in [2.75, 3.05) is 5.32 Å². The molecule has 1 amide bonds. The molecule has 1 heterocycles. The van der Waals surface area contributed by atoms with Gasteiger partial charge in [-0.2, -0.15) is 0 Å². The van der Waals surface area contributed by atoms with Gasteiger partial charge in [0.2, 0.25) is 0 Å². The summed E-state index contributed by atoms with van der Waals surface area (Å²) >= 11 is 6.65. The topological polar surface area (TPSA) is 98.0 Å². The molecule has 9 heteroatoms. The quantitative estimate of drug-likeness (QED) is 0.689. The zero-order valence-electron chi connectivity index (χ0n) is 8.66. The number of halogens is 1. The third kappa shape index (κ3) is 2.60. The Balaban J connectivity index is 2.26. The van der Waals surface area contributed by atoms with Gasteiger partial charge in [0.05, 0.1) is 11.1 Å². The average molecular weight is 285 g/mol. The first kappa shape index (κ1) is 12.4. The summed E-state index contributed by atoms with van der Waals surface area (Å²) in [5, 5.41) is 17.2. The number of nitrogens with zero attached hydrogens (tertiary/aromatic N) is 3. The van der Waals surface area contributed by atoms with E-state index < -0.39 is 10.8 Å². The van der Waals surface area contributed by atoms with Crippen molar-refractivity contribution in [2.24, 2.45) is 0 Å². The molecule has 0 bridgehead atoms. The van der Waals surface area contributed by atoms with Crippen LogP contribution in [0, 0.1) is 10.1 Å². The molecule has 1 N–H and O–H groups in total.